The van der Waals surface area contributed by atoms with Crippen LogP contribution in [-0.2, 0) is 9.59 Å². The largest absolute Gasteiger partial charge is 0.478 e. The van der Waals surface area contributed by atoms with Crippen molar-refractivity contribution < 1.29 is 50.4 Å². The molecule has 0 atom stereocenters. The second kappa shape index (κ2) is 19.4. The van der Waals surface area contributed by atoms with Crippen LogP contribution >= 0.6 is 0 Å². The Morgan fingerprint density at radius 1 is 0.682 bits per heavy atom. The molecule has 11 nitrogen and oxygen atoms in total. The highest BCUT2D eigenvalue weighted by Crippen LogP contribution is 2.11. The second-order valence-corrected chi connectivity index (χ2v) is 3.59. The van der Waals surface area contributed by atoms with Gasteiger partial charge >= 0.3 is 11.9 Å². The summed E-state index contributed by atoms with van der Waals surface area (Å²) in [7, 11) is 0. The molecule has 0 aromatic carbocycles. The van der Waals surface area contributed by atoms with Gasteiger partial charge in [0.25, 0.3) is 0 Å². The molecule has 0 heterocycles. The van der Waals surface area contributed by atoms with E-state index in [1.807, 2.05) is 0 Å². The van der Waals surface area contributed by atoms with Gasteiger partial charge in [0.15, 0.2) is 0 Å². The molecule has 0 spiro atoms. The van der Waals surface area contributed by atoms with E-state index in [9.17, 15) is 9.59 Å². The van der Waals surface area contributed by atoms with Crippen LogP contribution in [0.5, 0.6) is 0 Å². The van der Waals surface area contributed by atoms with Crippen LogP contribution in [0.2, 0.25) is 0 Å². The summed E-state index contributed by atoms with van der Waals surface area (Å²) in [5, 5.41) is 64.9. The van der Waals surface area contributed by atoms with Gasteiger partial charge in [-0.05, 0) is 0 Å². The number of carboxylic acids is 2. The van der Waals surface area contributed by atoms with Crippen LogP contribution in [0.1, 0.15) is 0 Å². The average molecular weight is 331 g/mol. The number of aliphatic carboxylic acids is 2. The van der Waals surface area contributed by atoms with Gasteiger partial charge in [0, 0.05) is 12.2 Å². The molecule has 0 bridgehead atoms. The van der Waals surface area contributed by atoms with Gasteiger partial charge in [-0.15, -0.1) is 0 Å². The van der Waals surface area contributed by atoms with E-state index in [0.717, 1.165) is 0 Å². The van der Waals surface area contributed by atoms with Crippen LogP contribution in [0.3, 0.4) is 0 Å². The number of aliphatic hydroxyl groups is 6. The van der Waals surface area contributed by atoms with Crippen LogP contribution in [0, 0.1) is 5.41 Å². The first-order chi connectivity index (χ1) is 9.78. The number of aliphatic hydroxyl groups excluding tert-OH is 6. The van der Waals surface area contributed by atoms with Crippen molar-refractivity contribution in [2.45, 2.75) is 0 Å². The van der Waals surface area contributed by atoms with Gasteiger partial charge in [0.1, 0.15) is 0 Å². The molecular weight excluding hydrogens is 306 g/mol. The molecule has 0 saturated heterocycles. The Kier molecular flexibility index (Phi) is 25.2. The molecule has 0 aromatic rings. The zero-order valence-electron chi connectivity index (χ0n) is 12.0. The third-order valence-corrected chi connectivity index (χ3v) is 1.81. The molecule has 11 heteroatoms. The molecule has 0 unspecified atom stereocenters. The summed E-state index contributed by atoms with van der Waals surface area (Å²) in [5.74, 6) is -2.51. The monoisotopic (exact) mass is 331 g/mol. The van der Waals surface area contributed by atoms with E-state index in [-0.39, 0.29) is 19.4 Å². The molecule has 0 fully saturated rings. The van der Waals surface area contributed by atoms with Gasteiger partial charge in [-0.3, -0.25) is 0 Å². The van der Waals surface area contributed by atoms with Crippen molar-refractivity contribution in [1.82, 2.24) is 6.15 Å². The standard InChI is InChI=1S/C5H12O4.C4H4O4.C2H6O2.H3N/c6-1-5(2-7,3-8)4-9;5-3(6)1-2-4(7)8;3-1-2-4;/h6-9H,1-4H2;1-2H,(H,5,6)(H,7,8);3-4H,1-2H2;1H3/b;2-1+;;. The molecule has 0 aliphatic rings. The van der Waals surface area contributed by atoms with Gasteiger partial charge in [-0.1, -0.05) is 0 Å². The van der Waals surface area contributed by atoms with Crippen molar-refractivity contribution in [2.24, 2.45) is 5.41 Å². The third kappa shape index (κ3) is 20.7. The fraction of sp³-hybridized carbons (Fsp3) is 0.636. The van der Waals surface area contributed by atoms with Gasteiger partial charge < -0.3 is 47.0 Å². The highest BCUT2D eigenvalue weighted by Gasteiger charge is 2.26. The molecule has 0 aliphatic carbocycles. The lowest BCUT2D eigenvalue weighted by atomic mass is 9.93. The van der Waals surface area contributed by atoms with Crippen molar-refractivity contribution in [3.8, 4) is 0 Å². The van der Waals surface area contributed by atoms with E-state index >= 15 is 0 Å². The number of carboxylic acid groups (broad SMARTS) is 2. The smallest absolute Gasteiger partial charge is 0.328 e. The van der Waals surface area contributed by atoms with E-state index in [1.54, 1.807) is 0 Å². The van der Waals surface area contributed by atoms with Crippen LogP contribution in [-0.4, -0.2) is 92.4 Å². The minimum atomic E-state index is -1.26. The highest BCUT2D eigenvalue weighted by molar-refractivity contribution is 5.89. The van der Waals surface area contributed by atoms with E-state index in [2.05, 4.69) is 0 Å². The zero-order valence-corrected chi connectivity index (χ0v) is 12.0. The fourth-order valence-corrected chi connectivity index (χ4v) is 0.443. The first kappa shape index (κ1) is 28.5. The van der Waals surface area contributed by atoms with Gasteiger partial charge in [-0.25, -0.2) is 9.59 Å². The molecule has 22 heavy (non-hydrogen) atoms. The van der Waals surface area contributed by atoms with Crippen LogP contribution in [0.4, 0.5) is 0 Å². The van der Waals surface area contributed by atoms with Crippen molar-refractivity contribution in [3.05, 3.63) is 12.2 Å². The molecular formula is C11H25NO10. The summed E-state index contributed by atoms with van der Waals surface area (Å²) in [6.07, 6.45) is 1.12. The SMILES string of the molecule is N.O=C(O)/C=C/C(=O)O.OCC(CO)(CO)CO.OCCO. The lowest BCUT2D eigenvalue weighted by Crippen LogP contribution is -2.37. The summed E-state index contributed by atoms with van der Waals surface area (Å²) < 4.78 is 0. The van der Waals surface area contributed by atoms with Crippen molar-refractivity contribution in [1.29, 1.82) is 0 Å². The van der Waals surface area contributed by atoms with E-state index in [1.165, 1.54) is 0 Å². The third-order valence-electron chi connectivity index (χ3n) is 1.81. The molecule has 0 amide bonds. The van der Waals surface area contributed by atoms with E-state index < -0.39 is 43.8 Å². The lowest BCUT2D eigenvalue weighted by molar-refractivity contribution is -0.134. The molecule has 11 N–H and O–H groups in total. The Morgan fingerprint density at radius 2 is 0.909 bits per heavy atom. The Labute approximate surface area is 127 Å². The Bertz CT molecular complexity index is 255. The maximum Gasteiger partial charge on any atom is 0.328 e. The lowest BCUT2D eigenvalue weighted by Gasteiger charge is -2.23. The second-order valence-electron chi connectivity index (χ2n) is 3.59. The summed E-state index contributed by atoms with van der Waals surface area (Å²) in [6, 6.07) is 0. The minimum absolute atomic E-state index is 0. The number of hydrogen-bond acceptors (Lipinski definition) is 9. The molecule has 0 aliphatic heterocycles. The average Bonchev–Trinajstić information content (AvgIpc) is 2.49. The quantitative estimate of drug-likeness (QED) is 0.210. The summed E-state index contributed by atoms with van der Waals surface area (Å²) in [5.41, 5.74) is -1.11. The normalized spacial score (nSPS) is 9.73. The summed E-state index contributed by atoms with van der Waals surface area (Å²) >= 11 is 0. The Balaban J connectivity index is -0.000000115. The molecule has 134 valence electrons. The zero-order chi connectivity index (χ0) is 17.3. The topological polar surface area (TPSA) is 231 Å². The van der Waals surface area contributed by atoms with Crippen LogP contribution in [0.15, 0.2) is 12.2 Å². The maximum absolute atomic E-state index is 9.55. The Hall–Kier alpha value is -1.60. The molecule has 0 aromatic heterocycles. The van der Waals surface area contributed by atoms with Gasteiger partial charge in [0.2, 0.25) is 0 Å². The van der Waals surface area contributed by atoms with Crippen molar-refractivity contribution in [3.63, 3.8) is 0 Å². The maximum atomic E-state index is 9.55. The van der Waals surface area contributed by atoms with Gasteiger partial charge in [-0.2, -0.15) is 0 Å². The molecule has 0 saturated carbocycles. The summed E-state index contributed by atoms with van der Waals surface area (Å²) in [4.78, 5) is 19.1. The number of hydrogen-bond donors (Lipinski definition) is 9. The predicted octanol–water partition coefficient (Wildman–Crippen LogP) is -3.21. The van der Waals surface area contributed by atoms with Gasteiger partial charge in [0.05, 0.1) is 45.1 Å². The first-order valence-electron chi connectivity index (χ1n) is 5.58. The molecule has 0 rings (SSSR count). The Morgan fingerprint density at radius 3 is 0.955 bits per heavy atom. The van der Waals surface area contributed by atoms with E-state index in [0.29, 0.717) is 12.2 Å². The minimum Gasteiger partial charge on any atom is -0.478 e. The van der Waals surface area contributed by atoms with E-state index in [4.69, 9.17) is 40.9 Å². The number of rotatable bonds is 7. The fourth-order valence-electron chi connectivity index (χ4n) is 0.443. The van der Waals surface area contributed by atoms with Crippen molar-refractivity contribution in [2.75, 3.05) is 39.6 Å². The molecule has 0 radical (unpaired) electrons. The summed E-state index contributed by atoms with van der Waals surface area (Å²) in [6.45, 7) is -1.88. The van der Waals surface area contributed by atoms with Crippen LogP contribution < -0.4 is 6.15 Å². The first-order valence-corrected chi connectivity index (χ1v) is 5.58. The number of carbonyl (C=O) groups is 2. The highest BCUT2D eigenvalue weighted by atomic mass is 16.4. The van der Waals surface area contributed by atoms with Crippen molar-refractivity contribution >= 4 is 11.9 Å². The predicted molar refractivity (Wildman–Crippen MR) is 74.4 cm³/mol. The van der Waals surface area contributed by atoms with Crippen LogP contribution in [0.25, 0.3) is 0 Å².